The van der Waals surface area contributed by atoms with Crippen LogP contribution in [0.3, 0.4) is 0 Å². The van der Waals surface area contributed by atoms with Crippen LogP contribution in [-0.4, -0.2) is 30.5 Å². The molecule has 19 heavy (non-hydrogen) atoms. The van der Waals surface area contributed by atoms with Crippen LogP contribution >= 0.6 is 0 Å². The van der Waals surface area contributed by atoms with Gasteiger partial charge in [0.05, 0.1) is 6.61 Å². The van der Waals surface area contributed by atoms with Crippen molar-refractivity contribution in [3.05, 3.63) is 24.1 Å². The summed E-state index contributed by atoms with van der Waals surface area (Å²) in [7, 11) is 1.51. The highest BCUT2D eigenvalue weighted by atomic mass is 16.5. The number of hydrogen-bond donors (Lipinski definition) is 0. The van der Waals surface area contributed by atoms with Gasteiger partial charge in [0.2, 0.25) is 0 Å². The molecule has 0 spiro atoms. The highest BCUT2D eigenvalue weighted by molar-refractivity contribution is 6.38. The quantitative estimate of drug-likeness (QED) is 0.608. The van der Waals surface area contributed by atoms with E-state index in [1.54, 1.807) is 32.0 Å². The maximum absolute atomic E-state index is 11.8. The van der Waals surface area contributed by atoms with E-state index >= 15 is 0 Å². The fourth-order valence-electron chi connectivity index (χ4n) is 1.69. The highest BCUT2D eigenvalue weighted by Gasteiger charge is 2.21. The number of hydrogen-bond acceptors (Lipinski definition) is 5. The zero-order valence-corrected chi connectivity index (χ0v) is 11.0. The minimum atomic E-state index is -0.874. The van der Waals surface area contributed by atoms with Crippen LogP contribution in [0.2, 0.25) is 0 Å². The Morgan fingerprint density at radius 1 is 1.42 bits per heavy atom. The van der Waals surface area contributed by atoms with Gasteiger partial charge >= 0.3 is 11.9 Å². The van der Waals surface area contributed by atoms with Gasteiger partial charge in [-0.05, 0) is 25.1 Å². The Bertz CT molecular complexity index is 633. The van der Waals surface area contributed by atoms with Gasteiger partial charge in [-0.1, -0.05) is 0 Å². The molecule has 6 nitrogen and oxygen atoms in total. The molecule has 0 aliphatic rings. The zero-order chi connectivity index (χ0) is 14.0. The number of benzene rings is 1. The Hall–Kier alpha value is -2.37. The number of carbonyl (C=O) groups excluding carboxylic acids is 2. The smallest absolute Gasteiger partial charge is 0.397 e. The van der Waals surface area contributed by atoms with Crippen LogP contribution in [-0.2, 0) is 14.3 Å². The van der Waals surface area contributed by atoms with Crippen molar-refractivity contribution >= 4 is 28.7 Å². The molecule has 2 aromatic rings. The number of likely N-dealkylation sites (N-methyl/N-ethyl adjacent to an activating group) is 1. The fraction of sp³-hybridized carbons (Fsp3) is 0.308. The van der Waals surface area contributed by atoms with Gasteiger partial charge < -0.3 is 14.1 Å². The maximum atomic E-state index is 11.8. The van der Waals surface area contributed by atoms with Crippen molar-refractivity contribution in [2.24, 2.45) is 0 Å². The number of rotatable bonds is 2. The fourth-order valence-corrected chi connectivity index (χ4v) is 1.69. The van der Waals surface area contributed by atoms with E-state index in [1.807, 2.05) is 0 Å². The average Bonchev–Trinajstić information content (AvgIpc) is 2.76. The van der Waals surface area contributed by atoms with Crippen molar-refractivity contribution in [1.82, 2.24) is 4.98 Å². The summed E-state index contributed by atoms with van der Waals surface area (Å²) in [4.78, 5) is 28.6. The Kier molecular flexibility index (Phi) is 3.50. The second kappa shape index (κ2) is 5.09. The van der Waals surface area contributed by atoms with E-state index in [9.17, 15) is 9.59 Å². The van der Waals surface area contributed by atoms with Crippen molar-refractivity contribution in [3.63, 3.8) is 0 Å². The molecule has 0 saturated carbocycles. The molecule has 0 aliphatic carbocycles. The molecule has 1 aromatic heterocycles. The third-order valence-electron chi connectivity index (χ3n) is 2.62. The van der Waals surface area contributed by atoms with Crippen molar-refractivity contribution in [2.45, 2.75) is 13.8 Å². The molecule has 2 rings (SSSR count). The van der Waals surface area contributed by atoms with E-state index in [1.165, 1.54) is 11.9 Å². The van der Waals surface area contributed by atoms with E-state index in [0.717, 1.165) is 0 Å². The van der Waals surface area contributed by atoms with Gasteiger partial charge in [0.25, 0.3) is 0 Å². The summed E-state index contributed by atoms with van der Waals surface area (Å²) in [5.74, 6) is -1.05. The van der Waals surface area contributed by atoms with Crippen LogP contribution in [0.1, 0.15) is 12.8 Å². The molecule has 6 heteroatoms. The number of esters is 1. The van der Waals surface area contributed by atoms with Gasteiger partial charge in [-0.3, -0.25) is 4.79 Å². The lowest BCUT2D eigenvalue weighted by atomic mass is 10.2. The molecular formula is C13H14N2O4. The summed E-state index contributed by atoms with van der Waals surface area (Å²) in [6.45, 7) is 3.56. The molecule has 1 aromatic carbocycles. The Balaban J connectivity index is 2.27. The van der Waals surface area contributed by atoms with Crippen LogP contribution in [0.25, 0.3) is 11.1 Å². The average molecular weight is 262 g/mol. The maximum Gasteiger partial charge on any atom is 0.397 e. The molecule has 1 heterocycles. The molecule has 0 aliphatic heterocycles. The van der Waals surface area contributed by atoms with Crippen molar-refractivity contribution < 1.29 is 18.7 Å². The standard InChI is InChI=1S/C13H14N2O4/c1-4-18-13(17)12(16)15(3)9-5-6-11-10(7-9)14-8(2)19-11/h5-7H,4H2,1-3H3. The monoisotopic (exact) mass is 262 g/mol. The van der Waals surface area contributed by atoms with Crippen molar-refractivity contribution in [2.75, 3.05) is 18.6 Å². The van der Waals surface area contributed by atoms with E-state index in [-0.39, 0.29) is 6.61 Å². The Morgan fingerprint density at radius 2 is 2.16 bits per heavy atom. The second-order valence-corrected chi connectivity index (χ2v) is 3.97. The molecule has 0 bridgehead atoms. The number of amides is 1. The normalized spacial score (nSPS) is 10.5. The lowest BCUT2D eigenvalue weighted by molar-refractivity contribution is -0.153. The van der Waals surface area contributed by atoms with Crippen LogP contribution in [0.15, 0.2) is 22.6 Å². The predicted octanol–water partition coefficient (Wildman–Crippen LogP) is 1.66. The van der Waals surface area contributed by atoms with Crippen molar-refractivity contribution in [1.29, 1.82) is 0 Å². The molecule has 0 fully saturated rings. The van der Waals surface area contributed by atoms with Gasteiger partial charge in [0, 0.05) is 19.7 Å². The highest BCUT2D eigenvalue weighted by Crippen LogP contribution is 2.22. The largest absolute Gasteiger partial charge is 0.459 e. The van der Waals surface area contributed by atoms with Gasteiger partial charge in [-0.15, -0.1) is 0 Å². The number of anilines is 1. The lowest BCUT2D eigenvalue weighted by Gasteiger charge is -2.15. The summed E-state index contributed by atoms with van der Waals surface area (Å²) in [5, 5.41) is 0. The first-order valence-corrected chi connectivity index (χ1v) is 5.85. The number of oxazole rings is 1. The summed E-state index contributed by atoms with van der Waals surface area (Å²) >= 11 is 0. The molecule has 100 valence electrons. The number of fused-ring (bicyclic) bond motifs is 1. The van der Waals surface area contributed by atoms with Crippen LogP contribution in [0.5, 0.6) is 0 Å². The molecule has 0 radical (unpaired) electrons. The van der Waals surface area contributed by atoms with Crippen molar-refractivity contribution in [3.8, 4) is 0 Å². The van der Waals surface area contributed by atoms with Gasteiger partial charge in [0.1, 0.15) is 5.52 Å². The van der Waals surface area contributed by atoms with Crippen LogP contribution < -0.4 is 4.90 Å². The Morgan fingerprint density at radius 3 is 2.84 bits per heavy atom. The first kappa shape index (κ1) is 13.1. The van der Waals surface area contributed by atoms with E-state index in [4.69, 9.17) is 4.42 Å². The minimum Gasteiger partial charge on any atom is -0.459 e. The van der Waals surface area contributed by atoms with E-state index < -0.39 is 11.9 Å². The lowest BCUT2D eigenvalue weighted by Crippen LogP contribution is -2.34. The molecular weight excluding hydrogens is 248 g/mol. The molecule has 0 unspecified atom stereocenters. The molecule has 0 N–H and O–H groups in total. The third kappa shape index (κ3) is 2.57. The van der Waals surface area contributed by atoms with E-state index in [2.05, 4.69) is 9.72 Å². The first-order valence-electron chi connectivity index (χ1n) is 5.85. The number of nitrogens with zero attached hydrogens (tertiary/aromatic N) is 2. The zero-order valence-electron chi connectivity index (χ0n) is 11.0. The second-order valence-electron chi connectivity index (χ2n) is 3.97. The molecule has 0 atom stereocenters. The summed E-state index contributed by atoms with van der Waals surface area (Å²) < 4.78 is 10.0. The number of ether oxygens (including phenoxy) is 1. The minimum absolute atomic E-state index is 0.167. The topological polar surface area (TPSA) is 72.6 Å². The number of aromatic nitrogens is 1. The van der Waals surface area contributed by atoms with Gasteiger partial charge in [-0.2, -0.15) is 0 Å². The summed E-state index contributed by atoms with van der Waals surface area (Å²) in [5.41, 5.74) is 1.83. The molecule has 0 saturated heterocycles. The summed E-state index contributed by atoms with van der Waals surface area (Å²) in [6, 6.07) is 5.08. The molecule has 1 amide bonds. The third-order valence-corrected chi connectivity index (χ3v) is 2.62. The number of aryl methyl sites for hydroxylation is 1. The number of carbonyl (C=O) groups is 2. The first-order chi connectivity index (χ1) is 9.02. The Labute approximate surface area is 110 Å². The van der Waals surface area contributed by atoms with Crippen LogP contribution in [0, 0.1) is 6.92 Å². The predicted molar refractivity (Wildman–Crippen MR) is 68.8 cm³/mol. The van der Waals surface area contributed by atoms with Gasteiger partial charge in [-0.25, -0.2) is 9.78 Å². The van der Waals surface area contributed by atoms with Gasteiger partial charge in [0.15, 0.2) is 11.5 Å². The van der Waals surface area contributed by atoms with E-state index in [0.29, 0.717) is 22.7 Å². The summed E-state index contributed by atoms with van der Waals surface area (Å²) in [6.07, 6.45) is 0. The SMILES string of the molecule is CCOC(=O)C(=O)N(C)c1ccc2oc(C)nc2c1. The van der Waals surface area contributed by atoms with Crippen LogP contribution in [0.4, 0.5) is 5.69 Å².